The van der Waals surface area contributed by atoms with Crippen molar-refractivity contribution in [2.24, 2.45) is 5.41 Å². The SMILES string of the molecule is COC(=O)CCCCCCCCC(=O)NC(C(=O)N1C[C@H](O)C[C@H]1C(=O)NC(C)c1ccc(-c2scnc2C)cc1)C(C)(C)C. The highest BCUT2D eigenvalue weighted by molar-refractivity contribution is 7.13. The van der Waals surface area contributed by atoms with Gasteiger partial charge in [-0.25, -0.2) is 4.98 Å². The number of aryl methyl sites for hydroxylation is 1. The summed E-state index contributed by atoms with van der Waals surface area (Å²) >= 11 is 1.58. The van der Waals surface area contributed by atoms with Gasteiger partial charge in [0.2, 0.25) is 17.7 Å². The number of esters is 1. The number of β-amino-alcohol motifs (C(OH)–C–C–N with tert-alkyl or cyclic N) is 1. The van der Waals surface area contributed by atoms with E-state index in [1.807, 2.05) is 64.4 Å². The highest BCUT2D eigenvalue weighted by atomic mass is 32.1. The maximum absolute atomic E-state index is 13.9. The highest BCUT2D eigenvalue weighted by Crippen LogP contribution is 2.29. The molecule has 1 aliphatic heterocycles. The second-order valence-corrected chi connectivity index (χ2v) is 13.9. The van der Waals surface area contributed by atoms with Crippen LogP contribution in [0, 0.1) is 12.3 Å². The lowest BCUT2D eigenvalue weighted by Crippen LogP contribution is -2.57. The number of aliphatic hydroxyl groups excluding tert-OH is 1. The molecule has 1 aliphatic rings. The van der Waals surface area contributed by atoms with Crippen molar-refractivity contribution in [2.75, 3.05) is 13.7 Å². The Kier molecular flexibility index (Phi) is 13.5. The van der Waals surface area contributed by atoms with E-state index in [0.29, 0.717) is 19.3 Å². The van der Waals surface area contributed by atoms with E-state index in [-0.39, 0.29) is 42.7 Å². The molecule has 4 atom stereocenters. The molecule has 10 nitrogen and oxygen atoms in total. The third kappa shape index (κ3) is 10.6. The number of rotatable bonds is 15. The number of amides is 3. The lowest BCUT2D eigenvalue weighted by Gasteiger charge is -2.35. The Morgan fingerprint density at radius 1 is 1.02 bits per heavy atom. The molecule has 2 aromatic rings. The molecule has 3 N–H and O–H groups in total. The number of aliphatic hydroxyl groups is 1. The van der Waals surface area contributed by atoms with Gasteiger partial charge in [-0.2, -0.15) is 0 Å². The van der Waals surface area contributed by atoms with Crippen LogP contribution in [0.15, 0.2) is 29.8 Å². The van der Waals surface area contributed by atoms with Gasteiger partial charge in [0.1, 0.15) is 12.1 Å². The van der Waals surface area contributed by atoms with Gasteiger partial charge < -0.3 is 25.4 Å². The maximum atomic E-state index is 13.9. The number of ether oxygens (including phenoxy) is 1. The number of nitrogens with zero attached hydrogens (tertiary/aromatic N) is 2. The van der Waals surface area contributed by atoms with Crippen LogP contribution >= 0.6 is 11.3 Å². The van der Waals surface area contributed by atoms with Crippen LogP contribution in [0.4, 0.5) is 0 Å². The number of likely N-dealkylation sites (tertiary alicyclic amines) is 1. The number of hydrogen-bond acceptors (Lipinski definition) is 8. The molecule has 0 bridgehead atoms. The minimum absolute atomic E-state index is 0.0344. The molecule has 0 spiro atoms. The van der Waals surface area contributed by atoms with Crippen molar-refractivity contribution in [2.45, 2.75) is 117 Å². The molecule has 1 aromatic carbocycles. The summed E-state index contributed by atoms with van der Waals surface area (Å²) in [5.41, 5.74) is 4.18. The van der Waals surface area contributed by atoms with E-state index in [9.17, 15) is 24.3 Å². The van der Waals surface area contributed by atoms with Crippen molar-refractivity contribution in [3.05, 3.63) is 41.0 Å². The number of thiazole rings is 1. The summed E-state index contributed by atoms with van der Waals surface area (Å²) in [6, 6.07) is 5.98. The second-order valence-electron chi connectivity index (χ2n) is 13.1. The number of carbonyl (C=O) groups excluding carboxylic acids is 4. The lowest BCUT2D eigenvalue weighted by atomic mass is 9.85. The summed E-state index contributed by atoms with van der Waals surface area (Å²) in [5, 5.41) is 16.5. The predicted octanol–water partition coefficient (Wildman–Crippen LogP) is 5.08. The molecule has 45 heavy (non-hydrogen) atoms. The Labute approximate surface area is 271 Å². The van der Waals surface area contributed by atoms with Gasteiger partial charge in [0, 0.05) is 25.8 Å². The van der Waals surface area contributed by atoms with Gasteiger partial charge >= 0.3 is 5.97 Å². The third-order valence-electron chi connectivity index (χ3n) is 8.32. The Morgan fingerprint density at radius 3 is 2.22 bits per heavy atom. The van der Waals surface area contributed by atoms with Crippen molar-refractivity contribution >= 4 is 35.0 Å². The van der Waals surface area contributed by atoms with E-state index in [2.05, 4.69) is 20.4 Å². The van der Waals surface area contributed by atoms with Gasteiger partial charge in [0.05, 0.1) is 35.3 Å². The Balaban J connectivity index is 1.54. The van der Waals surface area contributed by atoms with Crippen molar-refractivity contribution in [1.29, 1.82) is 0 Å². The van der Waals surface area contributed by atoms with E-state index in [1.165, 1.54) is 12.0 Å². The fraction of sp³-hybridized carbons (Fsp3) is 0.618. The zero-order valence-corrected chi connectivity index (χ0v) is 28.4. The number of hydrogen-bond donors (Lipinski definition) is 3. The van der Waals surface area contributed by atoms with Crippen molar-refractivity contribution in [3.63, 3.8) is 0 Å². The topological polar surface area (TPSA) is 138 Å². The van der Waals surface area contributed by atoms with Gasteiger partial charge in [0.15, 0.2) is 0 Å². The standard InChI is InChI=1S/C34H50N4O6S/c1-22(24-15-17-25(18-16-24)30-23(2)35-21-45-30)36-32(42)27-19-26(39)20-38(27)33(43)31(34(3,4)5)37-28(40)13-11-9-7-8-10-12-14-29(41)44-6/h15-18,21-22,26-27,31,39H,7-14,19-20H2,1-6H3,(H,36,42)(H,37,40)/t22?,26-,27+,31?/m1/s1. The molecule has 3 amide bonds. The zero-order valence-electron chi connectivity index (χ0n) is 27.6. The van der Waals surface area contributed by atoms with E-state index >= 15 is 0 Å². The van der Waals surface area contributed by atoms with Crippen LogP contribution in [0.25, 0.3) is 10.4 Å². The monoisotopic (exact) mass is 642 g/mol. The normalized spacial score (nSPS) is 17.9. The van der Waals surface area contributed by atoms with Gasteiger partial charge in [-0.05, 0) is 43.2 Å². The summed E-state index contributed by atoms with van der Waals surface area (Å²) in [6.45, 7) is 9.54. The smallest absolute Gasteiger partial charge is 0.305 e. The average Bonchev–Trinajstić information content (AvgIpc) is 3.61. The first-order chi connectivity index (χ1) is 21.3. The summed E-state index contributed by atoms with van der Waals surface area (Å²) < 4.78 is 4.65. The molecule has 248 valence electrons. The summed E-state index contributed by atoms with van der Waals surface area (Å²) in [4.78, 5) is 58.3. The number of carbonyl (C=O) groups is 4. The van der Waals surface area contributed by atoms with Crippen molar-refractivity contribution in [3.8, 4) is 10.4 Å². The average molecular weight is 643 g/mol. The van der Waals surface area contributed by atoms with E-state index in [4.69, 9.17) is 0 Å². The molecule has 2 heterocycles. The number of aromatic nitrogens is 1. The van der Waals surface area contributed by atoms with Gasteiger partial charge in [0.25, 0.3) is 0 Å². The van der Waals surface area contributed by atoms with Gasteiger partial charge in [-0.15, -0.1) is 11.3 Å². The van der Waals surface area contributed by atoms with Crippen LogP contribution in [0.1, 0.15) is 103 Å². The first-order valence-electron chi connectivity index (χ1n) is 16.0. The molecule has 1 fully saturated rings. The molecule has 11 heteroatoms. The first-order valence-corrected chi connectivity index (χ1v) is 16.8. The molecule has 0 radical (unpaired) electrons. The Morgan fingerprint density at radius 2 is 1.64 bits per heavy atom. The quantitative estimate of drug-likeness (QED) is 0.182. The Bertz CT molecular complexity index is 1290. The van der Waals surface area contributed by atoms with Gasteiger partial charge in [-0.1, -0.05) is 70.7 Å². The molecule has 2 unspecified atom stereocenters. The second kappa shape index (κ2) is 16.8. The first kappa shape index (κ1) is 36.2. The van der Waals surface area contributed by atoms with Crippen molar-refractivity contribution < 1.29 is 29.0 Å². The summed E-state index contributed by atoms with van der Waals surface area (Å²) in [7, 11) is 1.39. The van der Waals surface area contributed by atoms with Crippen LogP contribution in [0.2, 0.25) is 0 Å². The van der Waals surface area contributed by atoms with E-state index in [0.717, 1.165) is 53.8 Å². The molecular formula is C34H50N4O6S. The molecule has 0 saturated carbocycles. The van der Waals surface area contributed by atoms with Crippen LogP contribution in [-0.4, -0.2) is 70.5 Å². The lowest BCUT2D eigenvalue weighted by molar-refractivity contribution is -0.144. The van der Waals surface area contributed by atoms with Crippen LogP contribution < -0.4 is 10.6 Å². The number of unbranched alkanes of at least 4 members (excludes halogenated alkanes) is 5. The molecule has 0 aliphatic carbocycles. The maximum Gasteiger partial charge on any atom is 0.305 e. The minimum Gasteiger partial charge on any atom is -0.469 e. The van der Waals surface area contributed by atoms with Gasteiger partial charge in [-0.3, -0.25) is 19.2 Å². The number of nitrogens with one attached hydrogen (secondary N) is 2. The Hall–Kier alpha value is -3.31. The molecule has 1 aromatic heterocycles. The van der Waals surface area contributed by atoms with Crippen LogP contribution in [-0.2, 0) is 23.9 Å². The number of benzene rings is 1. The van der Waals surface area contributed by atoms with Crippen LogP contribution in [0.3, 0.4) is 0 Å². The molecular weight excluding hydrogens is 592 g/mol. The summed E-state index contributed by atoms with van der Waals surface area (Å²) in [5.74, 6) is -1.10. The number of methoxy groups -OCH3 is 1. The van der Waals surface area contributed by atoms with Crippen LogP contribution in [0.5, 0.6) is 0 Å². The predicted molar refractivity (Wildman–Crippen MR) is 175 cm³/mol. The largest absolute Gasteiger partial charge is 0.469 e. The fourth-order valence-electron chi connectivity index (χ4n) is 5.61. The zero-order chi connectivity index (χ0) is 33.1. The van der Waals surface area contributed by atoms with E-state index in [1.54, 1.807) is 11.3 Å². The minimum atomic E-state index is -0.843. The molecule has 3 rings (SSSR count). The van der Waals surface area contributed by atoms with E-state index < -0.39 is 23.6 Å². The van der Waals surface area contributed by atoms with Crippen molar-refractivity contribution in [1.82, 2.24) is 20.5 Å². The third-order valence-corrected chi connectivity index (χ3v) is 9.30. The molecule has 1 saturated heterocycles. The summed E-state index contributed by atoms with van der Waals surface area (Å²) in [6.07, 6.45) is 5.31. The highest BCUT2D eigenvalue weighted by Gasteiger charge is 2.44. The fourth-order valence-corrected chi connectivity index (χ4v) is 6.42.